The number of hydrogen-bond acceptors (Lipinski definition) is 5. The lowest BCUT2D eigenvalue weighted by Gasteiger charge is -2.44. The topological polar surface area (TPSA) is 68.7 Å². The molecule has 3 aliphatic rings. The van der Waals surface area contributed by atoms with Crippen molar-refractivity contribution in [2.45, 2.75) is 89.8 Å². The Morgan fingerprint density at radius 3 is 2.14 bits per heavy atom. The van der Waals surface area contributed by atoms with Crippen LogP contribution in [-0.2, 0) is 30.9 Å². The van der Waals surface area contributed by atoms with E-state index in [2.05, 4.69) is 46.8 Å². The maximum atomic E-state index is 12.5. The quantitative estimate of drug-likeness (QED) is 0.556. The van der Waals surface area contributed by atoms with Gasteiger partial charge in [-0.15, -0.1) is 0 Å². The molecule has 186 valence electrons. The van der Waals surface area contributed by atoms with Crippen LogP contribution >= 0.6 is 0 Å². The molecule has 2 aromatic rings. The van der Waals surface area contributed by atoms with E-state index in [1.54, 1.807) is 6.20 Å². The lowest BCUT2D eigenvalue weighted by Crippen LogP contribution is -2.42. The second-order valence-electron chi connectivity index (χ2n) is 11.7. The number of pyridine rings is 1. The van der Waals surface area contributed by atoms with Crippen LogP contribution in [0.5, 0.6) is 0 Å². The second kappa shape index (κ2) is 8.56. The number of fused-ring (bicyclic) bond motifs is 1. The minimum Gasteiger partial charge on any atom is -0.512 e. The maximum Gasteiger partial charge on any atom is 0.240 e. The molecule has 0 saturated carbocycles. The summed E-state index contributed by atoms with van der Waals surface area (Å²) < 4.78 is 12.9. The molecule has 2 aliphatic carbocycles. The molecule has 1 aromatic heterocycles. The summed E-state index contributed by atoms with van der Waals surface area (Å²) in [6.45, 7) is 12.6. The molecule has 1 fully saturated rings. The summed E-state index contributed by atoms with van der Waals surface area (Å²) in [5, 5.41) is 10.4. The van der Waals surface area contributed by atoms with Gasteiger partial charge in [0.2, 0.25) is 5.79 Å². The van der Waals surface area contributed by atoms with Gasteiger partial charge in [-0.1, -0.05) is 39.8 Å². The number of hydrogen-bond donors (Lipinski definition) is 1. The number of aliphatic hydroxyl groups is 1. The third-order valence-corrected chi connectivity index (χ3v) is 8.23. The van der Waals surface area contributed by atoms with E-state index < -0.39 is 5.79 Å². The Balaban J connectivity index is 1.63. The van der Waals surface area contributed by atoms with Crippen molar-refractivity contribution >= 4 is 11.4 Å². The predicted octanol–water partition coefficient (Wildman–Crippen LogP) is 6.40. The Hall–Kier alpha value is -2.50. The van der Waals surface area contributed by atoms with E-state index in [0.717, 1.165) is 30.4 Å². The minimum atomic E-state index is -1.10. The molecule has 1 aliphatic heterocycles. The average molecular weight is 476 g/mol. The first-order valence-electron chi connectivity index (χ1n) is 12.9. The van der Waals surface area contributed by atoms with Crippen molar-refractivity contribution in [3.05, 3.63) is 69.7 Å². The lowest BCUT2D eigenvalue weighted by molar-refractivity contribution is -0.251. The van der Waals surface area contributed by atoms with Crippen LogP contribution in [0.1, 0.15) is 99.7 Å². The molecule has 5 rings (SSSR count). The fraction of sp³-hybridized carbons (Fsp3) is 0.533. The van der Waals surface area contributed by atoms with E-state index >= 15 is 0 Å². The summed E-state index contributed by atoms with van der Waals surface area (Å²) in [7, 11) is 0. The van der Waals surface area contributed by atoms with Crippen LogP contribution in [0.25, 0.3) is 5.57 Å². The zero-order valence-electron chi connectivity index (χ0n) is 21.7. The number of nitrogens with zero attached hydrogens (tertiary/aromatic N) is 1. The molecule has 35 heavy (non-hydrogen) atoms. The monoisotopic (exact) mass is 475 g/mol. The highest BCUT2D eigenvalue weighted by atomic mass is 16.7. The molecule has 0 amide bonds. The first-order chi connectivity index (χ1) is 16.6. The Morgan fingerprint density at radius 2 is 1.54 bits per heavy atom. The fourth-order valence-corrected chi connectivity index (χ4v) is 5.94. The van der Waals surface area contributed by atoms with Gasteiger partial charge in [-0.05, 0) is 72.3 Å². The highest BCUT2D eigenvalue weighted by molar-refractivity contribution is 6.21. The van der Waals surface area contributed by atoms with E-state index in [1.807, 2.05) is 12.1 Å². The van der Waals surface area contributed by atoms with E-state index in [4.69, 9.17) is 14.5 Å². The smallest absolute Gasteiger partial charge is 0.240 e. The number of aryl methyl sites for hydroxylation is 1. The molecule has 1 N–H and O–H groups in total. The summed E-state index contributed by atoms with van der Waals surface area (Å²) >= 11 is 0. The molecule has 0 unspecified atom stereocenters. The highest BCUT2D eigenvalue weighted by Crippen LogP contribution is 2.49. The molecule has 1 aromatic carbocycles. The van der Waals surface area contributed by atoms with Gasteiger partial charge in [-0.2, -0.15) is 0 Å². The number of rotatable bonds is 3. The molecular weight excluding hydrogens is 438 g/mol. The second-order valence-corrected chi connectivity index (χ2v) is 11.7. The predicted molar refractivity (Wildman–Crippen MR) is 136 cm³/mol. The molecule has 0 bridgehead atoms. The van der Waals surface area contributed by atoms with E-state index in [1.165, 1.54) is 11.1 Å². The van der Waals surface area contributed by atoms with Gasteiger partial charge >= 0.3 is 0 Å². The van der Waals surface area contributed by atoms with Crippen molar-refractivity contribution in [2.24, 2.45) is 0 Å². The molecule has 1 saturated heterocycles. The average Bonchev–Trinajstić information content (AvgIpc) is 2.83. The number of carbonyl (C=O) groups excluding carboxylic acids is 1. The number of carbonyl (C=O) groups is 1. The Labute approximate surface area is 208 Å². The van der Waals surface area contributed by atoms with Crippen LogP contribution in [0.15, 0.2) is 36.2 Å². The first kappa shape index (κ1) is 24.2. The van der Waals surface area contributed by atoms with Crippen LogP contribution in [0, 0.1) is 6.92 Å². The number of Topliss-reactive ketones (excluding diaryl/α,β-unsaturated/α-hetero) is 1. The maximum absolute atomic E-state index is 12.5. The third kappa shape index (κ3) is 4.03. The van der Waals surface area contributed by atoms with Gasteiger partial charge in [0, 0.05) is 30.2 Å². The normalized spacial score (nSPS) is 23.2. The molecular formula is C30H37NO4. The number of allylic oxidation sites excluding steroid dienone is 2. The van der Waals surface area contributed by atoms with E-state index in [9.17, 15) is 9.90 Å². The van der Waals surface area contributed by atoms with Crippen LogP contribution in [0.3, 0.4) is 0 Å². The van der Waals surface area contributed by atoms with Gasteiger partial charge in [-0.25, -0.2) is 0 Å². The van der Waals surface area contributed by atoms with Crippen LogP contribution in [0.2, 0.25) is 0 Å². The van der Waals surface area contributed by atoms with Crippen molar-refractivity contribution in [3.63, 3.8) is 0 Å². The van der Waals surface area contributed by atoms with Crippen molar-refractivity contribution in [1.82, 2.24) is 4.98 Å². The minimum absolute atomic E-state index is 0.0291. The molecule has 2 heterocycles. The standard InChI is InChI=1S/C30H37NO4/c1-19-16-22-23(29(4,5)13-12-28(22,2)3)17-21(19)30(34-14-7-15-35-30)26-11-10-20(18-31-26)27-24(32)8-6-9-25(27)33/h10-11,16-18,32H,6-9,12-15H2,1-5H3. The van der Waals surface area contributed by atoms with Crippen LogP contribution in [-0.4, -0.2) is 29.1 Å². The van der Waals surface area contributed by atoms with E-state index in [-0.39, 0.29) is 22.4 Å². The van der Waals surface area contributed by atoms with Gasteiger partial charge < -0.3 is 14.6 Å². The van der Waals surface area contributed by atoms with E-state index in [0.29, 0.717) is 49.3 Å². The Bertz CT molecular complexity index is 1180. The third-order valence-electron chi connectivity index (χ3n) is 8.23. The lowest BCUT2D eigenvalue weighted by atomic mass is 9.62. The van der Waals surface area contributed by atoms with Gasteiger partial charge in [0.15, 0.2) is 5.78 Å². The molecule has 5 heteroatoms. The van der Waals surface area contributed by atoms with Crippen LogP contribution < -0.4 is 0 Å². The SMILES string of the molecule is Cc1cc2c(cc1C1(c3ccc(C4=C(O)CCCC4=O)cn3)OCCCO1)C(C)(C)CCC2(C)C. The van der Waals surface area contributed by atoms with Crippen molar-refractivity contribution in [1.29, 1.82) is 0 Å². The van der Waals surface area contributed by atoms with Gasteiger partial charge in [0.25, 0.3) is 0 Å². The summed E-state index contributed by atoms with van der Waals surface area (Å²) in [6, 6.07) is 8.37. The Morgan fingerprint density at radius 1 is 0.886 bits per heavy atom. The number of ether oxygens (including phenoxy) is 2. The first-order valence-corrected chi connectivity index (χ1v) is 12.9. The number of ketones is 1. The van der Waals surface area contributed by atoms with Crippen molar-refractivity contribution < 1.29 is 19.4 Å². The summed E-state index contributed by atoms with van der Waals surface area (Å²) in [4.78, 5) is 17.2. The number of aliphatic hydroxyl groups excluding tert-OH is 1. The van der Waals surface area contributed by atoms with Gasteiger partial charge in [0.1, 0.15) is 11.5 Å². The van der Waals surface area contributed by atoms with Crippen molar-refractivity contribution in [2.75, 3.05) is 13.2 Å². The molecule has 0 spiro atoms. The number of benzene rings is 1. The largest absolute Gasteiger partial charge is 0.512 e. The zero-order chi connectivity index (χ0) is 25.0. The van der Waals surface area contributed by atoms with Gasteiger partial charge in [-0.3, -0.25) is 9.78 Å². The van der Waals surface area contributed by atoms with Crippen LogP contribution in [0.4, 0.5) is 0 Å². The van der Waals surface area contributed by atoms with Crippen molar-refractivity contribution in [3.8, 4) is 0 Å². The Kier molecular flexibility index (Phi) is 5.92. The van der Waals surface area contributed by atoms with Gasteiger partial charge in [0.05, 0.1) is 18.8 Å². The summed E-state index contributed by atoms with van der Waals surface area (Å²) in [6.07, 6.45) is 6.47. The zero-order valence-corrected chi connectivity index (χ0v) is 21.7. The highest BCUT2D eigenvalue weighted by Gasteiger charge is 2.45. The fourth-order valence-electron chi connectivity index (χ4n) is 5.94. The summed E-state index contributed by atoms with van der Waals surface area (Å²) in [5.41, 5.74) is 6.77. The molecule has 0 atom stereocenters. The summed E-state index contributed by atoms with van der Waals surface area (Å²) in [5.74, 6) is -0.967. The molecule has 5 nitrogen and oxygen atoms in total. The molecule has 0 radical (unpaired) electrons. The number of aromatic nitrogens is 1.